The Bertz CT molecular complexity index is 1410. The van der Waals surface area contributed by atoms with Crippen molar-refractivity contribution in [3.05, 3.63) is 82.9 Å². The minimum absolute atomic E-state index is 0.0322. The smallest absolute Gasteiger partial charge is 0.338 e. The Morgan fingerprint density at radius 2 is 1.31 bits per heavy atom. The van der Waals surface area contributed by atoms with Crippen molar-refractivity contribution in [2.75, 3.05) is 6.61 Å². The van der Waals surface area contributed by atoms with Crippen LogP contribution in [0.1, 0.15) is 63.8 Å². The lowest BCUT2D eigenvalue weighted by atomic mass is 10.0. The number of fused-ring (bicyclic) bond motifs is 3. The van der Waals surface area contributed by atoms with Crippen LogP contribution in [0.15, 0.2) is 60.7 Å². The fraction of sp³-hybridized carbons (Fsp3) is 0.241. The van der Waals surface area contributed by atoms with Gasteiger partial charge in [-0.15, -0.1) is 0 Å². The molecule has 0 bridgehead atoms. The summed E-state index contributed by atoms with van der Waals surface area (Å²) in [5.74, 6) is -0.546. The number of hydrogen-bond acceptors (Lipinski definition) is 5. The molecule has 0 aliphatic carbocycles. The monoisotopic (exact) mass is 484 g/mol. The third-order valence-electron chi connectivity index (χ3n) is 6.20. The minimum atomic E-state index is -0.370. The van der Waals surface area contributed by atoms with Crippen LogP contribution in [0.3, 0.4) is 0 Å². The van der Waals surface area contributed by atoms with E-state index >= 15 is 0 Å². The van der Waals surface area contributed by atoms with Crippen LogP contribution >= 0.6 is 0 Å². The fourth-order valence-corrected chi connectivity index (χ4v) is 4.26. The molecule has 3 aromatic carbocycles. The van der Waals surface area contributed by atoms with E-state index in [2.05, 4.69) is 5.32 Å². The molecular formula is C29H28N2O5. The topological polar surface area (TPSA) is 94.5 Å². The molecule has 0 aliphatic rings. The summed E-state index contributed by atoms with van der Waals surface area (Å²) >= 11 is 0. The summed E-state index contributed by atoms with van der Waals surface area (Å²) in [5.41, 5.74) is 4.35. The van der Waals surface area contributed by atoms with E-state index in [0.29, 0.717) is 36.4 Å². The van der Waals surface area contributed by atoms with Gasteiger partial charge < -0.3 is 14.6 Å². The number of aryl methyl sites for hydroxylation is 1. The van der Waals surface area contributed by atoms with Crippen molar-refractivity contribution in [3.63, 3.8) is 0 Å². The van der Waals surface area contributed by atoms with Crippen LogP contribution in [0.2, 0.25) is 0 Å². The van der Waals surface area contributed by atoms with Crippen LogP contribution in [0.25, 0.3) is 21.8 Å². The van der Waals surface area contributed by atoms with Crippen LogP contribution in [-0.4, -0.2) is 34.6 Å². The second-order valence-electron chi connectivity index (χ2n) is 8.67. The Kier molecular flexibility index (Phi) is 7.29. The Labute approximate surface area is 209 Å². The quantitative estimate of drug-likeness (QED) is 0.264. The Hall–Kier alpha value is -4.26. The third-order valence-corrected chi connectivity index (χ3v) is 6.20. The average molecular weight is 485 g/mol. The first-order valence-electron chi connectivity index (χ1n) is 11.9. The van der Waals surface area contributed by atoms with Gasteiger partial charge in [0.25, 0.3) is 0 Å². The van der Waals surface area contributed by atoms with Crippen LogP contribution in [0, 0.1) is 0 Å². The standard InChI is InChI=1S/C29H28N2O5/c1-4-36-29(35)21-7-5-20(6-8-21)17-30-28(34)13-14-31-26-11-9-22(18(2)32)15-24(26)25-16-23(19(3)33)10-12-27(25)31/h5-12,15-16H,4,13-14,17H2,1-3H3,(H,30,34). The number of ether oxygens (including phenoxy) is 1. The van der Waals surface area contributed by atoms with Crippen molar-refractivity contribution in [2.45, 2.75) is 40.3 Å². The molecule has 0 aliphatic heterocycles. The number of aromatic nitrogens is 1. The molecule has 1 heterocycles. The molecule has 0 spiro atoms. The summed E-state index contributed by atoms with van der Waals surface area (Å²) in [5, 5.41) is 4.68. The maximum Gasteiger partial charge on any atom is 0.338 e. The van der Waals surface area contributed by atoms with Crippen molar-refractivity contribution in [1.82, 2.24) is 9.88 Å². The Balaban J connectivity index is 1.51. The van der Waals surface area contributed by atoms with Gasteiger partial charge in [0.15, 0.2) is 11.6 Å². The highest BCUT2D eigenvalue weighted by atomic mass is 16.5. The second-order valence-corrected chi connectivity index (χ2v) is 8.67. The third kappa shape index (κ3) is 5.20. The average Bonchev–Trinajstić information content (AvgIpc) is 3.18. The molecule has 184 valence electrons. The summed E-state index contributed by atoms with van der Waals surface area (Å²) in [4.78, 5) is 48.3. The molecule has 4 aromatic rings. The molecule has 7 nitrogen and oxygen atoms in total. The Morgan fingerprint density at radius 1 is 0.778 bits per heavy atom. The second kappa shape index (κ2) is 10.6. The van der Waals surface area contributed by atoms with Crippen molar-refractivity contribution in [3.8, 4) is 0 Å². The largest absolute Gasteiger partial charge is 0.462 e. The molecule has 0 saturated heterocycles. The summed E-state index contributed by atoms with van der Waals surface area (Å²) in [7, 11) is 0. The first kappa shape index (κ1) is 24.9. The maximum absolute atomic E-state index is 12.6. The van der Waals surface area contributed by atoms with E-state index in [-0.39, 0.29) is 29.9 Å². The van der Waals surface area contributed by atoms with Gasteiger partial charge in [0.2, 0.25) is 5.91 Å². The van der Waals surface area contributed by atoms with Gasteiger partial charge in [-0.3, -0.25) is 14.4 Å². The minimum Gasteiger partial charge on any atom is -0.462 e. The van der Waals surface area contributed by atoms with Gasteiger partial charge in [-0.05, 0) is 74.9 Å². The number of benzene rings is 3. The van der Waals surface area contributed by atoms with Gasteiger partial charge in [0.1, 0.15) is 0 Å². The molecule has 0 fully saturated rings. The fourth-order valence-electron chi connectivity index (χ4n) is 4.26. The number of nitrogens with zero attached hydrogens (tertiary/aromatic N) is 1. The van der Waals surface area contributed by atoms with E-state index in [1.807, 2.05) is 28.8 Å². The highest BCUT2D eigenvalue weighted by Crippen LogP contribution is 2.31. The van der Waals surface area contributed by atoms with Gasteiger partial charge in [-0.1, -0.05) is 12.1 Å². The van der Waals surface area contributed by atoms with Gasteiger partial charge in [-0.2, -0.15) is 0 Å². The zero-order valence-electron chi connectivity index (χ0n) is 20.6. The summed E-state index contributed by atoms with van der Waals surface area (Å²) < 4.78 is 7.03. The number of Topliss-reactive ketones (excluding diaryl/α,β-unsaturated/α-hetero) is 2. The van der Waals surface area contributed by atoms with Crippen LogP contribution < -0.4 is 5.32 Å². The number of nitrogens with one attached hydrogen (secondary N) is 1. The van der Waals surface area contributed by atoms with Gasteiger partial charge in [0.05, 0.1) is 12.2 Å². The van der Waals surface area contributed by atoms with E-state index < -0.39 is 0 Å². The molecule has 7 heteroatoms. The number of carbonyl (C=O) groups excluding carboxylic acids is 4. The zero-order valence-corrected chi connectivity index (χ0v) is 20.6. The van der Waals surface area contributed by atoms with Crippen LogP contribution in [-0.2, 0) is 22.6 Å². The molecule has 0 atom stereocenters. The van der Waals surface area contributed by atoms with E-state index in [9.17, 15) is 19.2 Å². The molecule has 1 amide bonds. The molecule has 36 heavy (non-hydrogen) atoms. The van der Waals surface area contributed by atoms with Crippen molar-refractivity contribution < 1.29 is 23.9 Å². The number of esters is 1. The van der Waals surface area contributed by atoms with E-state index in [0.717, 1.165) is 27.4 Å². The zero-order chi connectivity index (χ0) is 25.8. The molecule has 1 N–H and O–H groups in total. The van der Waals surface area contributed by atoms with Crippen LogP contribution in [0.4, 0.5) is 0 Å². The normalized spacial score (nSPS) is 11.0. The summed E-state index contributed by atoms with van der Waals surface area (Å²) in [6.07, 6.45) is 0.253. The van der Waals surface area contributed by atoms with Crippen molar-refractivity contribution in [2.24, 2.45) is 0 Å². The number of rotatable bonds is 9. The molecule has 1 aromatic heterocycles. The summed E-state index contributed by atoms with van der Waals surface area (Å²) in [6.45, 7) is 5.91. The van der Waals surface area contributed by atoms with E-state index in [1.165, 1.54) is 13.8 Å². The lowest BCUT2D eigenvalue weighted by molar-refractivity contribution is -0.121. The predicted molar refractivity (Wildman–Crippen MR) is 138 cm³/mol. The van der Waals surface area contributed by atoms with Gasteiger partial charge in [0, 0.05) is 52.4 Å². The number of amides is 1. The van der Waals surface area contributed by atoms with Crippen molar-refractivity contribution >= 4 is 45.2 Å². The number of hydrogen-bond donors (Lipinski definition) is 1. The first-order chi connectivity index (χ1) is 17.3. The molecular weight excluding hydrogens is 456 g/mol. The van der Waals surface area contributed by atoms with Crippen molar-refractivity contribution in [1.29, 1.82) is 0 Å². The predicted octanol–water partition coefficient (Wildman–Crippen LogP) is 5.08. The number of ketones is 2. The first-order valence-corrected chi connectivity index (χ1v) is 11.9. The maximum atomic E-state index is 12.6. The molecule has 0 saturated carbocycles. The van der Waals surface area contributed by atoms with Gasteiger partial charge in [-0.25, -0.2) is 4.79 Å². The highest BCUT2D eigenvalue weighted by Gasteiger charge is 2.15. The highest BCUT2D eigenvalue weighted by molar-refractivity contribution is 6.12. The van der Waals surface area contributed by atoms with Gasteiger partial charge >= 0.3 is 5.97 Å². The van der Waals surface area contributed by atoms with E-state index in [1.54, 1.807) is 43.3 Å². The number of carbonyl (C=O) groups is 4. The SMILES string of the molecule is CCOC(=O)c1ccc(CNC(=O)CCn2c3ccc(C(C)=O)cc3c3cc(C(C)=O)ccc32)cc1. The van der Waals surface area contributed by atoms with E-state index in [4.69, 9.17) is 4.74 Å². The molecule has 4 rings (SSSR count). The molecule has 0 radical (unpaired) electrons. The Morgan fingerprint density at radius 3 is 1.81 bits per heavy atom. The summed E-state index contributed by atoms with van der Waals surface area (Å²) in [6, 6.07) is 18.0. The molecule has 0 unspecified atom stereocenters. The lowest BCUT2D eigenvalue weighted by Crippen LogP contribution is -2.24. The lowest BCUT2D eigenvalue weighted by Gasteiger charge is -2.09. The van der Waals surface area contributed by atoms with Crippen LogP contribution in [0.5, 0.6) is 0 Å².